The van der Waals surface area contributed by atoms with Crippen molar-refractivity contribution >= 4 is 11.0 Å². The fraction of sp³-hybridized carbons (Fsp3) is 0.188. The van der Waals surface area contributed by atoms with E-state index in [9.17, 15) is 0 Å². The summed E-state index contributed by atoms with van der Waals surface area (Å²) >= 11 is 0. The Balaban J connectivity index is 2.13. The van der Waals surface area contributed by atoms with Crippen molar-refractivity contribution in [1.29, 1.82) is 0 Å². The van der Waals surface area contributed by atoms with Gasteiger partial charge in [0.2, 0.25) is 0 Å². The first-order chi connectivity index (χ1) is 9.72. The maximum atomic E-state index is 5.70. The molecule has 4 nitrogen and oxygen atoms in total. The number of ether oxygens (including phenoxy) is 1. The van der Waals surface area contributed by atoms with E-state index in [2.05, 4.69) is 10.6 Å². The van der Waals surface area contributed by atoms with Gasteiger partial charge in [0.25, 0.3) is 0 Å². The van der Waals surface area contributed by atoms with Crippen LogP contribution in [-0.2, 0) is 13.6 Å². The van der Waals surface area contributed by atoms with Crippen LogP contribution >= 0.6 is 0 Å². The number of benzene rings is 2. The zero-order valence-electron chi connectivity index (χ0n) is 11.6. The molecule has 0 saturated carbocycles. The summed E-state index contributed by atoms with van der Waals surface area (Å²) in [4.78, 5) is 4.69. The Morgan fingerprint density at radius 2 is 1.90 bits per heavy atom. The quantitative estimate of drug-likeness (QED) is 0.793. The van der Waals surface area contributed by atoms with Crippen LogP contribution in [0.4, 0.5) is 0 Å². The van der Waals surface area contributed by atoms with Gasteiger partial charge in [0, 0.05) is 19.2 Å². The minimum Gasteiger partial charge on any atom is -0.497 e. The fourth-order valence-corrected chi connectivity index (χ4v) is 2.36. The highest BCUT2D eigenvalue weighted by atomic mass is 16.5. The summed E-state index contributed by atoms with van der Waals surface area (Å²) in [5.41, 5.74) is 9.96. The number of aromatic nitrogens is 2. The summed E-state index contributed by atoms with van der Waals surface area (Å²) in [5, 5.41) is 0. The van der Waals surface area contributed by atoms with Gasteiger partial charge in [-0.2, -0.15) is 0 Å². The molecule has 4 heteroatoms. The number of imidazole rings is 1. The molecule has 0 saturated heterocycles. The number of hydrogen-bond acceptors (Lipinski definition) is 3. The van der Waals surface area contributed by atoms with Gasteiger partial charge in [-0.25, -0.2) is 4.98 Å². The van der Waals surface area contributed by atoms with Crippen LogP contribution in [0.15, 0.2) is 42.5 Å². The second-order valence-electron chi connectivity index (χ2n) is 4.75. The average molecular weight is 267 g/mol. The van der Waals surface area contributed by atoms with E-state index in [0.29, 0.717) is 6.54 Å². The number of methoxy groups -OCH3 is 1. The maximum absolute atomic E-state index is 5.70. The van der Waals surface area contributed by atoms with Crippen LogP contribution in [0.2, 0.25) is 0 Å². The lowest BCUT2D eigenvalue weighted by atomic mass is 10.2. The molecule has 0 aliphatic rings. The van der Waals surface area contributed by atoms with Crippen LogP contribution in [-0.4, -0.2) is 16.7 Å². The minimum absolute atomic E-state index is 0.541. The average Bonchev–Trinajstić information content (AvgIpc) is 2.84. The molecular weight excluding hydrogens is 250 g/mol. The molecule has 0 spiro atoms. The molecule has 0 bridgehead atoms. The molecule has 0 atom stereocenters. The molecule has 3 aromatic rings. The Kier molecular flexibility index (Phi) is 3.16. The van der Waals surface area contributed by atoms with E-state index in [4.69, 9.17) is 15.5 Å². The van der Waals surface area contributed by atoms with Crippen LogP contribution in [0.5, 0.6) is 5.75 Å². The molecule has 0 radical (unpaired) electrons. The lowest BCUT2D eigenvalue weighted by Crippen LogP contribution is -1.97. The Morgan fingerprint density at radius 1 is 1.15 bits per heavy atom. The molecule has 0 amide bonds. The van der Waals surface area contributed by atoms with Crippen molar-refractivity contribution in [3.63, 3.8) is 0 Å². The first kappa shape index (κ1) is 12.7. The maximum Gasteiger partial charge on any atom is 0.140 e. The second-order valence-corrected chi connectivity index (χ2v) is 4.75. The third-order valence-electron chi connectivity index (χ3n) is 3.53. The highest BCUT2D eigenvalue weighted by Crippen LogP contribution is 2.25. The Hall–Kier alpha value is -2.33. The van der Waals surface area contributed by atoms with E-state index in [1.54, 1.807) is 7.11 Å². The van der Waals surface area contributed by atoms with Gasteiger partial charge in [0.1, 0.15) is 11.6 Å². The van der Waals surface area contributed by atoms with Crippen LogP contribution in [0.25, 0.3) is 22.4 Å². The van der Waals surface area contributed by atoms with Crippen LogP contribution in [0, 0.1) is 0 Å². The predicted molar refractivity (Wildman–Crippen MR) is 80.6 cm³/mol. The lowest BCUT2D eigenvalue weighted by Gasteiger charge is -2.04. The summed E-state index contributed by atoms with van der Waals surface area (Å²) < 4.78 is 7.28. The topological polar surface area (TPSA) is 53.1 Å². The Bertz CT molecular complexity index is 744. The highest BCUT2D eigenvalue weighted by Gasteiger charge is 2.10. The number of hydrogen-bond donors (Lipinski definition) is 1. The number of fused-ring (bicyclic) bond motifs is 1. The monoisotopic (exact) mass is 267 g/mol. The summed E-state index contributed by atoms with van der Waals surface area (Å²) in [6.45, 7) is 0.541. The summed E-state index contributed by atoms with van der Waals surface area (Å²) in [6.07, 6.45) is 0. The molecule has 0 aliphatic heterocycles. The van der Waals surface area contributed by atoms with E-state index < -0.39 is 0 Å². The van der Waals surface area contributed by atoms with Gasteiger partial charge >= 0.3 is 0 Å². The highest BCUT2D eigenvalue weighted by molar-refractivity contribution is 5.81. The Morgan fingerprint density at radius 3 is 2.55 bits per heavy atom. The largest absolute Gasteiger partial charge is 0.497 e. The second kappa shape index (κ2) is 4.98. The molecule has 0 fully saturated rings. The van der Waals surface area contributed by atoms with Gasteiger partial charge < -0.3 is 15.0 Å². The van der Waals surface area contributed by atoms with Crippen LogP contribution < -0.4 is 10.5 Å². The summed E-state index contributed by atoms with van der Waals surface area (Å²) in [6, 6.07) is 14.1. The van der Waals surface area contributed by atoms with E-state index in [1.165, 1.54) is 0 Å². The Labute approximate surface area is 117 Å². The predicted octanol–water partition coefficient (Wildman–Crippen LogP) is 2.71. The normalized spacial score (nSPS) is 10.9. The third-order valence-corrected chi connectivity index (χ3v) is 3.53. The molecule has 0 unspecified atom stereocenters. The van der Waals surface area contributed by atoms with Crippen molar-refractivity contribution in [2.24, 2.45) is 12.8 Å². The molecule has 2 N–H and O–H groups in total. The molecule has 1 aromatic heterocycles. The van der Waals surface area contributed by atoms with E-state index in [0.717, 1.165) is 33.7 Å². The molecular formula is C16H17N3O. The van der Waals surface area contributed by atoms with Gasteiger partial charge in [0.05, 0.1) is 18.1 Å². The summed E-state index contributed by atoms with van der Waals surface area (Å²) in [7, 11) is 3.69. The van der Waals surface area contributed by atoms with Crippen LogP contribution in [0.3, 0.4) is 0 Å². The molecule has 3 rings (SSSR count). The third kappa shape index (κ3) is 2.04. The number of nitrogens with zero attached hydrogens (tertiary/aromatic N) is 2. The van der Waals surface area contributed by atoms with Gasteiger partial charge in [-0.1, -0.05) is 6.07 Å². The van der Waals surface area contributed by atoms with Crippen LogP contribution in [0.1, 0.15) is 5.56 Å². The van der Waals surface area contributed by atoms with E-state index in [1.807, 2.05) is 43.4 Å². The van der Waals surface area contributed by atoms with Crippen molar-refractivity contribution in [2.75, 3.05) is 7.11 Å². The molecule has 0 aliphatic carbocycles. The van der Waals surface area contributed by atoms with Crippen molar-refractivity contribution in [3.8, 4) is 17.1 Å². The van der Waals surface area contributed by atoms with Gasteiger partial charge in [-0.15, -0.1) is 0 Å². The van der Waals surface area contributed by atoms with E-state index in [-0.39, 0.29) is 0 Å². The van der Waals surface area contributed by atoms with Gasteiger partial charge in [0.15, 0.2) is 0 Å². The van der Waals surface area contributed by atoms with Crippen molar-refractivity contribution < 1.29 is 4.74 Å². The SMILES string of the molecule is COc1ccc(-c2nc3ccc(CN)cc3n2C)cc1. The number of aryl methyl sites for hydroxylation is 1. The fourth-order valence-electron chi connectivity index (χ4n) is 2.36. The standard InChI is InChI=1S/C16H17N3O/c1-19-15-9-11(10-17)3-8-14(15)18-16(19)12-4-6-13(20-2)7-5-12/h3-9H,10,17H2,1-2H3. The zero-order valence-corrected chi connectivity index (χ0v) is 11.6. The molecule has 102 valence electrons. The zero-order chi connectivity index (χ0) is 14.1. The van der Waals surface area contributed by atoms with Crippen molar-refractivity contribution in [3.05, 3.63) is 48.0 Å². The summed E-state index contributed by atoms with van der Waals surface area (Å²) in [5.74, 6) is 1.79. The molecule has 1 heterocycles. The molecule has 20 heavy (non-hydrogen) atoms. The van der Waals surface area contributed by atoms with E-state index >= 15 is 0 Å². The minimum atomic E-state index is 0.541. The number of nitrogens with two attached hydrogens (primary N) is 1. The number of rotatable bonds is 3. The smallest absolute Gasteiger partial charge is 0.140 e. The van der Waals surface area contributed by atoms with Gasteiger partial charge in [-0.05, 0) is 42.0 Å². The first-order valence-corrected chi connectivity index (χ1v) is 6.53. The van der Waals surface area contributed by atoms with Gasteiger partial charge in [-0.3, -0.25) is 0 Å². The van der Waals surface area contributed by atoms with Crippen molar-refractivity contribution in [1.82, 2.24) is 9.55 Å². The molecule has 2 aromatic carbocycles. The lowest BCUT2D eigenvalue weighted by molar-refractivity contribution is 0.415. The van der Waals surface area contributed by atoms with Crippen molar-refractivity contribution in [2.45, 2.75) is 6.54 Å². The first-order valence-electron chi connectivity index (χ1n) is 6.53.